The van der Waals surface area contributed by atoms with Crippen molar-refractivity contribution >= 4 is 15.7 Å². The lowest BCUT2D eigenvalue weighted by molar-refractivity contribution is 0.599. The van der Waals surface area contributed by atoms with Crippen LogP contribution >= 0.6 is 0 Å². The largest absolute Gasteiger partial charge is 0.278 e. The van der Waals surface area contributed by atoms with Crippen LogP contribution in [0.5, 0.6) is 0 Å². The number of anilines is 1. The molecule has 0 fully saturated rings. The van der Waals surface area contributed by atoms with Crippen LogP contribution < -0.4 is 4.72 Å². The SMILES string of the molecule is N#Cc1cc(S(=O)(=O)Nc2ccccc2C#N)ccc1F. The third kappa shape index (κ3) is 2.99. The smallest absolute Gasteiger partial charge is 0.261 e. The summed E-state index contributed by atoms with van der Waals surface area (Å²) in [5.41, 5.74) is -0.0991. The lowest BCUT2D eigenvalue weighted by Gasteiger charge is -2.09. The third-order valence-electron chi connectivity index (χ3n) is 2.66. The van der Waals surface area contributed by atoms with Crippen LogP contribution in [0.25, 0.3) is 0 Å². The second-order valence-electron chi connectivity index (χ2n) is 4.02. The Morgan fingerprint density at radius 2 is 1.67 bits per heavy atom. The normalized spacial score (nSPS) is 10.4. The topological polar surface area (TPSA) is 93.8 Å². The molecule has 0 heterocycles. The molecule has 0 aliphatic heterocycles. The lowest BCUT2D eigenvalue weighted by Crippen LogP contribution is -2.14. The Hall–Kier alpha value is -2.90. The minimum atomic E-state index is -4.01. The first kappa shape index (κ1) is 14.5. The Bertz CT molecular complexity index is 880. The Kier molecular flexibility index (Phi) is 3.88. The quantitative estimate of drug-likeness (QED) is 0.941. The van der Waals surface area contributed by atoms with E-state index in [9.17, 15) is 12.8 Å². The molecule has 21 heavy (non-hydrogen) atoms. The maximum atomic E-state index is 13.2. The van der Waals surface area contributed by atoms with Gasteiger partial charge in [-0.2, -0.15) is 10.5 Å². The van der Waals surface area contributed by atoms with Gasteiger partial charge in [-0.1, -0.05) is 12.1 Å². The Morgan fingerprint density at radius 1 is 1.00 bits per heavy atom. The van der Waals surface area contributed by atoms with Gasteiger partial charge in [-0.25, -0.2) is 12.8 Å². The van der Waals surface area contributed by atoms with Crippen molar-refractivity contribution in [2.45, 2.75) is 4.90 Å². The van der Waals surface area contributed by atoms with E-state index in [1.807, 2.05) is 6.07 Å². The molecule has 0 radical (unpaired) electrons. The van der Waals surface area contributed by atoms with Gasteiger partial charge in [0.2, 0.25) is 0 Å². The molecule has 5 nitrogen and oxygen atoms in total. The van der Waals surface area contributed by atoms with Crippen LogP contribution in [0.2, 0.25) is 0 Å². The monoisotopic (exact) mass is 301 g/mol. The fourth-order valence-corrected chi connectivity index (χ4v) is 2.74. The van der Waals surface area contributed by atoms with Crippen molar-refractivity contribution in [1.82, 2.24) is 0 Å². The molecule has 0 atom stereocenters. The second kappa shape index (κ2) is 5.61. The zero-order valence-electron chi connectivity index (χ0n) is 10.5. The van der Waals surface area contributed by atoms with Gasteiger partial charge < -0.3 is 0 Å². The second-order valence-corrected chi connectivity index (χ2v) is 5.70. The molecule has 0 aliphatic rings. The van der Waals surface area contributed by atoms with Gasteiger partial charge in [-0.05, 0) is 30.3 Å². The van der Waals surface area contributed by atoms with Crippen molar-refractivity contribution in [3.05, 3.63) is 59.4 Å². The fraction of sp³-hybridized carbons (Fsp3) is 0. The summed E-state index contributed by atoms with van der Waals surface area (Å²) in [7, 11) is -4.01. The van der Waals surface area contributed by atoms with Crippen LogP contribution in [-0.4, -0.2) is 8.42 Å². The molecule has 0 saturated heterocycles. The molecular formula is C14H8FN3O2S. The van der Waals surface area contributed by atoms with Crippen molar-refractivity contribution in [3.63, 3.8) is 0 Å². The number of sulfonamides is 1. The molecule has 0 aromatic heterocycles. The summed E-state index contributed by atoms with van der Waals surface area (Å²) < 4.78 is 39.9. The number of halogens is 1. The molecule has 0 spiro atoms. The number of rotatable bonds is 3. The summed E-state index contributed by atoms with van der Waals surface area (Å²) in [5.74, 6) is -0.797. The van der Waals surface area contributed by atoms with E-state index in [1.54, 1.807) is 18.2 Å². The molecule has 0 aliphatic carbocycles. The predicted octanol–water partition coefficient (Wildman–Crippen LogP) is 2.37. The summed E-state index contributed by atoms with van der Waals surface area (Å²) in [6, 6.07) is 12.4. The highest BCUT2D eigenvalue weighted by Crippen LogP contribution is 2.21. The van der Waals surface area contributed by atoms with Crippen LogP contribution in [-0.2, 0) is 10.0 Å². The minimum Gasteiger partial charge on any atom is -0.278 e. The summed E-state index contributed by atoms with van der Waals surface area (Å²) >= 11 is 0. The molecule has 104 valence electrons. The Balaban J connectivity index is 2.45. The van der Waals surface area contributed by atoms with E-state index < -0.39 is 15.8 Å². The van der Waals surface area contributed by atoms with Crippen molar-refractivity contribution in [1.29, 1.82) is 10.5 Å². The summed E-state index contributed by atoms with van der Waals surface area (Å²) in [5, 5.41) is 17.7. The van der Waals surface area contributed by atoms with E-state index in [4.69, 9.17) is 10.5 Å². The third-order valence-corrected chi connectivity index (χ3v) is 4.02. The molecule has 0 amide bonds. The highest BCUT2D eigenvalue weighted by molar-refractivity contribution is 7.92. The van der Waals surface area contributed by atoms with Gasteiger partial charge in [-0.3, -0.25) is 4.72 Å². The Morgan fingerprint density at radius 3 is 2.33 bits per heavy atom. The number of nitrogens with one attached hydrogen (secondary N) is 1. The van der Waals surface area contributed by atoms with E-state index in [2.05, 4.69) is 4.72 Å². The number of nitriles is 2. The molecule has 7 heteroatoms. The highest BCUT2D eigenvalue weighted by atomic mass is 32.2. The van der Waals surface area contributed by atoms with Crippen LogP contribution in [0.4, 0.5) is 10.1 Å². The van der Waals surface area contributed by atoms with Gasteiger partial charge in [0, 0.05) is 0 Å². The van der Waals surface area contributed by atoms with Gasteiger partial charge in [0.1, 0.15) is 18.0 Å². The van der Waals surface area contributed by atoms with E-state index in [-0.39, 0.29) is 21.7 Å². The summed E-state index contributed by atoms with van der Waals surface area (Å²) in [4.78, 5) is -0.256. The van der Waals surface area contributed by atoms with Gasteiger partial charge >= 0.3 is 0 Å². The van der Waals surface area contributed by atoms with Crippen molar-refractivity contribution in [2.75, 3.05) is 4.72 Å². The van der Waals surface area contributed by atoms with Crippen LogP contribution in [0.1, 0.15) is 11.1 Å². The first-order chi connectivity index (χ1) is 9.97. The molecule has 0 unspecified atom stereocenters. The van der Waals surface area contributed by atoms with Gasteiger partial charge in [0.15, 0.2) is 0 Å². The zero-order chi connectivity index (χ0) is 15.5. The number of hydrogen-bond donors (Lipinski definition) is 1. The standard InChI is InChI=1S/C14H8FN3O2S/c15-13-6-5-12(7-11(13)9-17)21(19,20)18-14-4-2-1-3-10(14)8-16/h1-7,18H. The average molecular weight is 301 g/mol. The van der Waals surface area contributed by atoms with Gasteiger partial charge in [-0.15, -0.1) is 0 Å². The molecule has 2 aromatic carbocycles. The molecule has 2 rings (SSSR count). The van der Waals surface area contributed by atoms with E-state index >= 15 is 0 Å². The average Bonchev–Trinajstić information content (AvgIpc) is 2.47. The summed E-state index contributed by atoms with van der Waals surface area (Å²) in [6.07, 6.45) is 0. The zero-order valence-corrected chi connectivity index (χ0v) is 11.4. The molecule has 1 N–H and O–H groups in total. The molecule has 0 saturated carbocycles. The number of benzene rings is 2. The molecular weight excluding hydrogens is 293 g/mol. The highest BCUT2D eigenvalue weighted by Gasteiger charge is 2.17. The van der Waals surface area contributed by atoms with Crippen molar-refractivity contribution in [2.24, 2.45) is 0 Å². The van der Waals surface area contributed by atoms with Gasteiger partial charge in [0.25, 0.3) is 10.0 Å². The van der Waals surface area contributed by atoms with Crippen LogP contribution in [0, 0.1) is 28.5 Å². The maximum absolute atomic E-state index is 13.2. The van der Waals surface area contributed by atoms with Crippen LogP contribution in [0.15, 0.2) is 47.4 Å². The minimum absolute atomic E-state index is 0.114. The lowest BCUT2D eigenvalue weighted by atomic mass is 10.2. The predicted molar refractivity (Wildman–Crippen MR) is 73.1 cm³/mol. The summed E-state index contributed by atoms with van der Waals surface area (Å²) in [6.45, 7) is 0. The fourth-order valence-electron chi connectivity index (χ4n) is 1.63. The first-order valence-electron chi connectivity index (χ1n) is 5.69. The van der Waals surface area contributed by atoms with E-state index in [0.29, 0.717) is 0 Å². The van der Waals surface area contributed by atoms with Crippen molar-refractivity contribution in [3.8, 4) is 12.1 Å². The van der Waals surface area contributed by atoms with Gasteiger partial charge in [0.05, 0.1) is 21.7 Å². The molecule has 0 bridgehead atoms. The maximum Gasteiger partial charge on any atom is 0.261 e. The number of hydrogen-bond acceptors (Lipinski definition) is 4. The number of para-hydroxylation sites is 1. The van der Waals surface area contributed by atoms with Crippen molar-refractivity contribution < 1.29 is 12.8 Å². The molecule has 2 aromatic rings. The Labute approximate surface area is 120 Å². The van der Waals surface area contributed by atoms with E-state index in [0.717, 1.165) is 18.2 Å². The van der Waals surface area contributed by atoms with E-state index in [1.165, 1.54) is 12.1 Å². The number of nitrogens with zero attached hydrogens (tertiary/aromatic N) is 2. The first-order valence-corrected chi connectivity index (χ1v) is 7.18. The van der Waals surface area contributed by atoms with Crippen LogP contribution in [0.3, 0.4) is 0 Å².